The molecule has 3 heteroatoms. The van der Waals surface area contributed by atoms with Gasteiger partial charge in [0, 0.05) is 12.0 Å². The van der Waals surface area contributed by atoms with Crippen LogP contribution in [0.25, 0.3) is 5.57 Å². The van der Waals surface area contributed by atoms with Crippen LogP contribution in [-0.2, 0) is 0 Å². The van der Waals surface area contributed by atoms with Crippen LogP contribution in [0.4, 0.5) is 0 Å². The number of carbonyl (C=O) groups excluding carboxylic acids is 1. The van der Waals surface area contributed by atoms with Gasteiger partial charge in [-0.1, -0.05) is 13.8 Å². The van der Waals surface area contributed by atoms with E-state index in [0.29, 0.717) is 0 Å². The van der Waals surface area contributed by atoms with Crippen molar-refractivity contribution in [1.29, 1.82) is 0 Å². The molecule has 0 atom stereocenters. The summed E-state index contributed by atoms with van der Waals surface area (Å²) in [5.41, 5.74) is 1.94. The molecular formula is C10H12N2O. The molecule has 68 valence electrons. The first kappa shape index (κ1) is 8.23. The van der Waals surface area contributed by atoms with Gasteiger partial charge in [0.2, 0.25) is 0 Å². The van der Waals surface area contributed by atoms with Crippen molar-refractivity contribution in [2.75, 3.05) is 0 Å². The predicted molar refractivity (Wildman–Crippen MR) is 50.6 cm³/mol. The van der Waals surface area contributed by atoms with Crippen molar-refractivity contribution in [1.82, 2.24) is 9.55 Å². The fourth-order valence-corrected chi connectivity index (χ4v) is 1.61. The van der Waals surface area contributed by atoms with Gasteiger partial charge in [0.15, 0.2) is 0 Å². The molecule has 0 bridgehead atoms. The molecule has 0 aliphatic carbocycles. The molecule has 1 aliphatic rings. The summed E-state index contributed by atoms with van der Waals surface area (Å²) in [6.45, 7) is 6.01. The molecule has 2 rings (SSSR count). The average Bonchev–Trinajstić information content (AvgIpc) is 2.55. The molecule has 0 spiro atoms. The molecule has 1 aromatic rings. The van der Waals surface area contributed by atoms with E-state index in [1.807, 2.05) is 20.8 Å². The van der Waals surface area contributed by atoms with E-state index in [-0.39, 0.29) is 11.8 Å². The van der Waals surface area contributed by atoms with Gasteiger partial charge in [-0.2, -0.15) is 0 Å². The van der Waals surface area contributed by atoms with Gasteiger partial charge < -0.3 is 0 Å². The van der Waals surface area contributed by atoms with Crippen LogP contribution in [0.2, 0.25) is 0 Å². The number of hydrogen-bond donors (Lipinski definition) is 0. The first-order valence-corrected chi connectivity index (χ1v) is 4.42. The number of rotatable bonds is 1. The second-order valence-electron chi connectivity index (χ2n) is 3.66. The van der Waals surface area contributed by atoms with Gasteiger partial charge >= 0.3 is 0 Å². The predicted octanol–water partition coefficient (Wildman–Crippen LogP) is 2.06. The highest BCUT2D eigenvalue weighted by molar-refractivity contribution is 6.03. The maximum atomic E-state index is 11.5. The summed E-state index contributed by atoms with van der Waals surface area (Å²) in [7, 11) is 0. The minimum atomic E-state index is 0.0358. The Labute approximate surface area is 77.1 Å². The summed E-state index contributed by atoms with van der Waals surface area (Å²) < 4.78 is 1.69. The molecule has 0 N–H and O–H groups in total. The molecule has 2 heterocycles. The number of aromatic nitrogens is 2. The van der Waals surface area contributed by atoms with Crippen LogP contribution in [0.5, 0.6) is 0 Å². The highest BCUT2D eigenvalue weighted by Gasteiger charge is 2.23. The fraction of sp³-hybridized carbons (Fsp3) is 0.400. The lowest BCUT2D eigenvalue weighted by Crippen LogP contribution is -2.10. The Morgan fingerprint density at radius 2 is 2.15 bits per heavy atom. The molecule has 0 amide bonds. The third kappa shape index (κ3) is 1.03. The molecule has 0 aromatic carbocycles. The SMILES string of the molecule is CC1=CC(=O)n2c1cnc2C(C)C. The minimum absolute atomic E-state index is 0.0358. The molecular weight excluding hydrogens is 164 g/mol. The van der Waals surface area contributed by atoms with E-state index < -0.39 is 0 Å². The van der Waals surface area contributed by atoms with E-state index in [2.05, 4.69) is 4.98 Å². The molecule has 3 nitrogen and oxygen atoms in total. The van der Waals surface area contributed by atoms with Crippen LogP contribution in [-0.4, -0.2) is 15.5 Å². The van der Waals surface area contributed by atoms with Crippen molar-refractivity contribution < 1.29 is 4.79 Å². The van der Waals surface area contributed by atoms with Crippen LogP contribution in [0, 0.1) is 0 Å². The standard InChI is InChI=1S/C10H12N2O/c1-6(2)10-11-5-8-7(3)4-9(13)12(8)10/h4-6H,1-3H3. The van der Waals surface area contributed by atoms with Crippen LogP contribution < -0.4 is 0 Å². The number of hydrogen-bond acceptors (Lipinski definition) is 2. The van der Waals surface area contributed by atoms with Gasteiger partial charge in [0.05, 0.1) is 11.9 Å². The number of allylic oxidation sites excluding steroid dienone is 2. The summed E-state index contributed by atoms with van der Waals surface area (Å²) in [6, 6.07) is 0. The lowest BCUT2D eigenvalue weighted by molar-refractivity contribution is 0.0970. The van der Waals surface area contributed by atoms with Crippen LogP contribution in [0.1, 0.15) is 43.0 Å². The van der Waals surface area contributed by atoms with E-state index in [1.54, 1.807) is 16.8 Å². The van der Waals surface area contributed by atoms with Crippen molar-refractivity contribution in [2.24, 2.45) is 0 Å². The van der Waals surface area contributed by atoms with Crippen molar-refractivity contribution in [3.63, 3.8) is 0 Å². The summed E-state index contributed by atoms with van der Waals surface area (Å²) in [5, 5.41) is 0. The summed E-state index contributed by atoms with van der Waals surface area (Å²) >= 11 is 0. The first-order chi connectivity index (χ1) is 6.11. The van der Waals surface area contributed by atoms with E-state index in [0.717, 1.165) is 17.1 Å². The summed E-state index contributed by atoms with van der Waals surface area (Å²) in [5.74, 6) is 1.18. The van der Waals surface area contributed by atoms with Crippen molar-refractivity contribution in [2.45, 2.75) is 26.7 Å². The van der Waals surface area contributed by atoms with Crippen LogP contribution in [0.15, 0.2) is 12.3 Å². The zero-order valence-corrected chi connectivity index (χ0v) is 8.03. The Kier molecular flexibility index (Phi) is 1.62. The van der Waals surface area contributed by atoms with E-state index in [1.165, 1.54) is 0 Å². The Hall–Kier alpha value is -1.38. The zero-order chi connectivity index (χ0) is 9.59. The third-order valence-corrected chi connectivity index (χ3v) is 2.27. The minimum Gasteiger partial charge on any atom is -0.269 e. The smallest absolute Gasteiger partial charge is 0.256 e. The molecule has 0 saturated heterocycles. The van der Waals surface area contributed by atoms with Crippen molar-refractivity contribution >= 4 is 11.5 Å². The summed E-state index contributed by atoms with van der Waals surface area (Å²) in [6.07, 6.45) is 3.43. The van der Waals surface area contributed by atoms with Crippen molar-refractivity contribution in [3.8, 4) is 0 Å². The summed E-state index contributed by atoms with van der Waals surface area (Å²) in [4.78, 5) is 15.7. The van der Waals surface area contributed by atoms with Gasteiger partial charge in [-0.05, 0) is 12.5 Å². The molecule has 0 fully saturated rings. The Morgan fingerprint density at radius 3 is 2.77 bits per heavy atom. The molecule has 1 aromatic heterocycles. The number of fused-ring (bicyclic) bond motifs is 1. The Bertz CT molecular complexity index is 399. The zero-order valence-electron chi connectivity index (χ0n) is 8.03. The van der Waals surface area contributed by atoms with E-state index >= 15 is 0 Å². The number of carbonyl (C=O) groups is 1. The maximum Gasteiger partial charge on any atom is 0.256 e. The molecule has 1 aliphatic heterocycles. The van der Waals surface area contributed by atoms with Gasteiger partial charge in [-0.15, -0.1) is 0 Å². The number of nitrogens with zero attached hydrogens (tertiary/aromatic N) is 2. The highest BCUT2D eigenvalue weighted by Crippen LogP contribution is 2.25. The lowest BCUT2D eigenvalue weighted by atomic mass is 10.2. The van der Waals surface area contributed by atoms with Gasteiger partial charge in [0.1, 0.15) is 5.82 Å². The van der Waals surface area contributed by atoms with Crippen LogP contribution in [0.3, 0.4) is 0 Å². The number of imidazole rings is 1. The normalized spacial score (nSPS) is 15.1. The largest absolute Gasteiger partial charge is 0.269 e. The monoisotopic (exact) mass is 176 g/mol. The van der Waals surface area contributed by atoms with Gasteiger partial charge in [-0.25, -0.2) is 4.98 Å². The van der Waals surface area contributed by atoms with Gasteiger partial charge in [-0.3, -0.25) is 9.36 Å². The second kappa shape index (κ2) is 2.55. The Morgan fingerprint density at radius 1 is 1.46 bits per heavy atom. The van der Waals surface area contributed by atoms with Crippen LogP contribution >= 0.6 is 0 Å². The lowest BCUT2D eigenvalue weighted by Gasteiger charge is -2.05. The Balaban J connectivity index is 2.60. The van der Waals surface area contributed by atoms with E-state index in [4.69, 9.17) is 0 Å². The highest BCUT2D eigenvalue weighted by atomic mass is 16.2. The quantitative estimate of drug-likeness (QED) is 0.656. The fourth-order valence-electron chi connectivity index (χ4n) is 1.61. The first-order valence-electron chi connectivity index (χ1n) is 4.42. The molecule has 13 heavy (non-hydrogen) atoms. The molecule has 0 saturated carbocycles. The topological polar surface area (TPSA) is 34.9 Å². The average molecular weight is 176 g/mol. The third-order valence-electron chi connectivity index (χ3n) is 2.27. The van der Waals surface area contributed by atoms with Crippen molar-refractivity contribution in [3.05, 3.63) is 23.8 Å². The maximum absolute atomic E-state index is 11.5. The van der Waals surface area contributed by atoms with Gasteiger partial charge in [0.25, 0.3) is 5.91 Å². The second-order valence-corrected chi connectivity index (χ2v) is 3.66. The molecule has 0 radical (unpaired) electrons. The molecule has 0 unspecified atom stereocenters. The van der Waals surface area contributed by atoms with E-state index in [9.17, 15) is 4.79 Å².